The van der Waals surface area contributed by atoms with E-state index in [2.05, 4.69) is 6.07 Å². The molecular weight excluding hydrogens is 354 g/mol. The molecule has 5 heteroatoms. The molecule has 5 nitrogen and oxygen atoms in total. The summed E-state index contributed by atoms with van der Waals surface area (Å²) in [6, 6.07) is 18.1. The fourth-order valence-corrected chi connectivity index (χ4v) is 3.67. The topological polar surface area (TPSA) is 66.8 Å². The van der Waals surface area contributed by atoms with Gasteiger partial charge in [-0.25, -0.2) is 4.79 Å². The van der Waals surface area contributed by atoms with Crippen LogP contribution in [0.3, 0.4) is 0 Å². The van der Waals surface area contributed by atoms with Crippen molar-refractivity contribution in [1.29, 1.82) is 0 Å². The molecule has 2 aromatic carbocycles. The Kier molecular flexibility index (Phi) is 5.73. The fraction of sp³-hybridized carbons (Fsp3) is 0.391. The van der Waals surface area contributed by atoms with Crippen molar-refractivity contribution in [1.82, 2.24) is 4.90 Å². The highest BCUT2D eigenvalue weighted by Crippen LogP contribution is 2.35. The maximum atomic E-state index is 12.4. The minimum atomic E-state index is -0.886. The summed E-state index contributed by atoms with van der Waals surface area (Å²) in [5.41, 5.74) is 2.56. The summed E-state index contributed by atoms with van der Waals surface area (Å²) in [5, 5.41) is 9.81. The maximum absolute atomic E-state index is 12.4. The highest BCUT2D eigenvalue weighted by Gasteiger charge is 2.38. The van der Waals surface area contributed by atoms with Gasteiger partial charge < -0.3 is 14.7 Å². The van der Waals surface area contributed by atoms with Gasteiger partial charge in [0.25, 0.3) is 0 Å². The first-order valence-electron chi connectivity index (χ1n) is 9.61. The molecule has 1 heterocycles. The predicted molar refractivity (Wildman–Crippen MR) is 108 cm³/mol. The minimum absolute atomic E-state index is 0.139. The zero-order chi connectivity index (χ0) is 20.3. The van der Waals surface area contributed by atoms with Gasteiger partial charge >= 0.3 is 12.1 Å². The number of rotatable bonds is 3. The highest BCUT2D eigenvalue weighted by molar-refractivity contribution is 5.75. The maximum Gasteiger partial charge on any atom is 0.410 e. The molecule has 0 bridgehead atoms. The van der Waals surface area contributed by atoms with Gasteiger partial charge in [0, 0.05) is 19.0 Å². The fourth-order valence-electron chi connectivity index (χ4n) is 3.67. The number of ether oxygens (including phenoxy) is 1. The molecule has 2 atom stereocenters. The molecule has 1 saturated heterocycles. The second-order valence-electron chi connectivity index (χ2n) is 8.26. The molecule has 1 aliphatic rings. The second-order valence-corrected chi connectivity index (χ2v) is 8.26. The molecule has 0 saturated carbocycles. The Morgan fingerprint density at radius 3 is 2.36 bits per heavy atom. The number of hydrogen-bond acceptors (Lipinski definition) is 3. The molecule has 1 unspecified atom stereocenters. The number of carbonyl (C=O) groups is 2. The van der Waals surface area contributed by atoms with E-state index in [4.69, 9.17) is 4.74 Å². The minimum Gasteiger partial charge on any atom is -0.481 e. The van der Waals surface area contributed by atoms with Crippen molar-refractivity contribution in [2.45, 2.75) is 38.7 Å². The van der Waals surface area contributed by atoms with Gasteiger partial charge in [-0.1, -0.05) is 54.6 Å². The highest BCUT2D eigenvalue weighted by atomic mass is 16.6. The summed E-state index contributed by atoms with van der Waals surface area (Å²) in [7, 11) is 0. The Morgan fingerprint density at radius 1 is 1.04 bits per heavy atom. The van der Waals surface area contributed by atoms with Crippen molar-refractivity contribution in [2.24, 2.45) is 5.92 Å². The Morgan fingerprint density at radius 2 is 1.71 bits per heavy atom. The number of nitrogens with zero attached hydrogens (tertiary/aromatic N) is 1. The van der Waals surface area contributed by atoms with Crippen molar-refractivity contribution < 1.29 is 19.4 Å². The molecule has 0 aliphatic carbocycles. The molecule has 148 valence electrons. The zero-order valence-corrected chi connectivity index (χ0v) is 16.6. The average Bonchev–Trinajstić information content (AvgIpc) is 2.67. The molecular formula is C23H27NO4. The third kappa shape index (κ3) is 4.71. The summed E-state index contributed by atoms with van der Waals surface area (Å²) in [6.45, 7) is 6.06. The van der Waals surface area contributed by atoms with Crippen LogP contribution in [0, 0.1) is 5.92 Å². The van der Waals surface area contributed by atoms with Crippen LogP contribution in [0.1, 0.15) is 38.7 Å². The summed E-state index contributed by atoms with van der Waals surface area (Å²) < 4.78 is 5.42. The summed E-state index contributed by atoms with van der Waals surface area (Å²) in [5.74, 6) is -1.68. The number of amides is 1. The number of benzene rings is 2. The molecule has 0 spiro atoms. The lowest BCUT2D eigenvalue weighted by atomic mass is 9.80. The smallest absolute Gasteiger partial charge is 0.410 e. The molecule has 3 rings (SSSR count). The van der Waals surface area contributed by atoms with Crippen LogP contribution in [-0.2, 0) is 9.53 Å². The Labute approximate surface area is 165 Å². The van der Waals surface area contributed by atoms with Crippen LogP contribution in [0.2, 0.25) is 0 Å². The van der Waals surface area contributed by atoms with Crippen molar-refractivity contribution in [2.75, 3.05) is 13.1 Å². The van der Waals surface area contributed by atoms with Gasteiger partial charge in [-0.2, -0.15) is 0 Å². The molecule has 1 N–H and O–H groups in total. The lowest BCUT2D eigenvalue weighted by Crippen LogP contribution is -2.47. The Bertz CT molecular complexity index is 841. The van der Waals surface area contributed by atoms with E-state index in [1.165, 1.54) is 4.90 Å². The number of carboxylic acid groups (broad SMARTS) is 1. The van der Waals surface area contributed by atoms with Gasteiger partial charge in [0.05, 0.1) is 5.92 Å². The summed E-state index contributed by atoms with van der Waals surface area (Å²) >= 11 is 0. The van der Waals surface area contributed by atoms with Gasteiger partial charge in [-0.05, 0) is 43.9 Å². The van der Waals surface area contributed by atoms with Crippen molar-refractivity contribution in [3.63, 3.8) is 0 Å². The normalized spacial score (nSPS) is 19.9. The van der Waals surface area contributed by atoms with E-state index in [9.17, 15) is 14.7 Å². The molecule has 1 amide bonds. The monoisotopic (exact) mass is 381 g/mol. The largest absolute Gasteiger partial charge is 0.481 e. The third-order valence-corrected chi connectivity index (χ3v) is 5.00. The van der Waals surface area contributed by atoms with Crippen molar-refractivity contribution in [3.05, 3.63) is 60.2 Å². The first kappa shape index (κ1) is 19.9. The Balaban J connectivity index is 1.81. The van der Waals surface area contributed by atoms with Crippen molar-refractivity contribution >= 4 is 12.1 Å². The number of hydrogen-bond donors (Lipinski definition) is 1. The zero-order valence-electron chi connectivity index (χ0n) is 16.6. The third-order valence-electron chi connectivity index (χ3n) is 5.00. The number of carboxylic acids is 1. The molecule has 1 fully saturated rings. The summed E-state index contributed by atoms with van der Waals surface area (Å²) in [4.78, 5) is 25.9. The Hall–Kier alpha value is -2.82. The van der Waals surface area contributed by atoms with Crippen LogP contribution >= 0.6 is 0 Å². The molecule has 0 radical (unpaired) electrons. The van der Waals surface area contributed by atoms with Gasteiger partial charge in [-0.3, -0.25) is 4.79 Å². The number of aliphatic carboxylic acids is 1. The lowest BCUT2D eigenvalue weighted by Gasteiger charge is -2.37. The molecule has 28 heavy (non-hydrogen) atoms. The number of piperidine rings is 1. The molecule has 2 aromatic rings. The molecule has 0 aromatic heterocycles. The van der Waals surface area contributed by atoms with Gasteiger partial charge in [0.1, 0.15) is 5.60 Å². The quantitative estimate of drug-likeness (QED) is 0.831. The van der Waals surface area contributed by atoms with Crippen LogP contribution in [0.15, 0.2) is 54.6 Å². The van der Waals surface area contributed by atoms with E-state index < -0.39 is 23.6 Å². The van der Waals surface area contributed by atoms with Crippen LogP contribution in [0.25, 0.3) is 11.1 Å². The first-order valence-corrected chi connectivity index (χ1v) is 9.61. The average molecular weight is 381 g/mol. The van der Waals surface area contributed by atoms with Gasteiger partial charge in [0.15, 0.2) is 0 Å². The van der Waals surface area contributed by atoms with E-state index >= 15 is 0 Å². The van der Waals surface area contributed by atoms with E-state index in [1.807, 2.05) is 48.5 Å². The van der Waals surface area contributed by atoms with E-state index in [-0.39, 0.29) is 12.5 Å². The standard InChI is InChI=1S/C23H27NO4/c1-23(2,3)28-22(27)24-13-12-19(20(15-24)21(25)26)18-11-7-10-17(14-18)16-8-5-4-6-9-16/h4-11,14,19-20H,12-13,15H2,1-3H3,(H,25,26)/t19-,20?/m1/s1. The number of likely N-dealkylation sites (tertiary alicyclic amines) is 1. The lowest BCUT2D eigenvalue weighted by molar-refractivity contribution is -0.144. The SMILES string of the molecule is CC(C)(C)OC(=O)N1CC[C@H](c2cccc(-c3ccccc3)c2)C(C(=O)O)C1. The predicted octanol–water partition coefficient (Wildman–Crippen LogP) is 4.78. The number of carbonyl (C=O) groups excluding carboxylic acids is 1. The van der Waals surface area contributed by atoms with Gasteiger partial charge in [-0.15, -0.1) is 0 Å². The second kappa shape index (κ2) is 8.05. The summed E-state index contributed by atoms with van der Waals surface area (Å²) in [6.07, 6.45) is 0.143. The first-order chi connectivity index (χ1) is 13.2. The van der Waals surface area contributed by atoms with Gasteiger partial charge in [0.2, 0.25) is 0 Å². The van der Waals surface area contributed by atoms with Crippen LogP contribution in [-0.4, -0.2) is 40.8 Å². The van der Waals surface area contributed by atoms with Crippen LogP contribution in [0.5, 0.6) is 0 Å². The van der Waals surface area contributed by atoms with Crippen molar-refractivity contribution in [3.8, 4) is 11.1 Å². The van der Waals surface area contributed by atoms with Crippen LogP contribution in [0.4, 0.5) is 4.79 Å². The van der Waals surface area contributed by atoms with E-state index in [1.54, 1.807) is 20.8 Å². The molecule has 1 aliphatic heterocycles. The van der Waals surface area contributed by atoms with E-state index in [0.29, 0.717) is 13.0 Å². The van der Waals surface area contributed by atoms with E-state index in [0.717, 1.165) is 16.7 Å². The van der Waals surface area contributed by atoms with Crippen LogP contribution < -0.4 is 0 Å².